The van der Waals surface area contributed by atoms with Gasteiger partial charge in [-0.25, -0.2) is 8.42 Å². The maximum atomic E-state index is 12.3. The highest BCUT2D eigenvalue weighted by Crippen LogP contribution is 2.16. The van der Waals surface area contributed by atoms with Crippen LogP contribution in [0, 0.1) is 5.92 Å². The molecule has 6 nitrogen and oxygen atoms in total. The fraction of sp³-hybridized carbons (Fsp3) is 0.750. The summed E-state index contributed by atoms with van der Waals surface area (Å²) in [6.07, 6.45) is 2.13. The Morgan fingerprint density at radius 3 is 2.53 bits per heavy atom. The Bertz CT molecular complexity index is 496. The molecule has 0 saturated heterocycles. The fourth-order valence-corrected chi connectivity index (χ4v) is 3.17. The van der Waals surface area contributed by atoms with Gasteiger partial charge in [-0.1, -0.05) is 13.8 Å². The molecule has 1 aromatic heterocycles. The summed E-state index contributed by atoms with van der Waals surface area (Å²) in [7, 11) is 1.38. The van der Waals surface area contributed by atoms with E-state index in [1.165, 1.54) is 11.4 Å². The molecule has 1 heterocycles. The van der Waals surface area contributed by atoms with Gasteiger partial charge in [-0.15, -0.1) is 0 Å². The molecule has 1 atom stereocenters. The summed E-state index contributed by atoms with van der Waals surface area (Å²) in [5.74, 6) is 0.775. The van der Waals surface area contributed by atoms with E-state index < -0.39 is 10.0 Å². The van der Waals surface area contributed by atoms with Crippen molar-refractivity contribution in [1.82, 2.24) is 9.78 Å². The molecule has 110 valence electrons. The molecule has 1 aromatic rings. The van der Waals surface area contributed by atoms with Crippen LogP contribution < -0.4 is 4.31 Å². The normalized spacial score (nSPS) is 13.8. The van der Waals surface area contributed by atoms with Crippen molar-refractivity contribution in [2.45, 2.75) is 26.4 Å². The first-order chi connectivity index (χ1) is 8.76. The number of aryl methyl sites for hydroxylation is 1. The van der Waals surface area contributed by atoms with E-state index in [1.54, 1.807) is 31.1 Å². The first kappa shape index (κ1) is 16.0. The summed E-state index contributed by atoms with van der Waals surface area (Å²) in [5.41, 5.74) is 0. The van der Waals surface area contributed by atoms with Gasteiger partial charge < -0.3 is 4.74 Å². The van der Waals surface area contributed by atoms with Crippen LogP contribution >= 0.6 is 0 Å². The van der Waals surface area contributed by atoms with Gasteiger partial charge in [-0.2, -0.15) is 5.10 Å². The molecule has 19 heavy (non-hydrogen) atoms. The van der Waals surface area contributed by atoms with Crippen LogP contribution in [0.4, 0.5) is 5.82 Å². The Morgan fingerprint density at radius 1 is 1.47 bits per heavy atom. The van der Waals surface area contributed by atoms with E-state index in [0.717, 1.165) is 0 Å². The molecule has 0 amide bonds. The van der Waals surface area contributed by atoms with E-state index >= 15 is 0 Å². The third-order valence-corrected chi connectivity index (χ3v) is 4.72. The van der Waals surface area contributed by atoms with Gasteiger partial charge in [-0.3, -0.25) is 8.99 Å². The lowest BCUT2D eigenvalue weighted by atomic mass is 10.1. The average Bonchev–Trinajstić information content (AvgIpc) is 2.72. The summed E-state index contributed by atoms with van der Waals surface area (Å²) in [5, 5.41) is 4.09. The van der Waals surface area contributed by atoms with E-state index in [1.807, 2.05) is 13.8 Å². The summed E-state index contributed by atoms with van der Waals surface area (Å²) >= 11 is 0. The van der Waals surface area contributed by atoms with Crippen LogP contribution in [0.3, 0.4) is 0 Å². The van der Waals surface area contributed by atoms with Crippen LogP contribution in [0.25, 0.3) is 0 Å². The van der Waals surface area contributed by atoms with Crippen LogP contribution in [0.1, 0.15) is 20.3 Å². The van der Waals surface area contributed by atoms with Crippen molar-refractivity contribution in [2.75, 3.05) is 24.2 Å². The fourth-order valence-electron chi connectivity index (χ4n) is 1.82. The predicted octanol–water partition coefficient (Wildman–Crippen LogP) is 1.25. The third kappa shape index (κ3) is 4.50. The lowest BCUT2D eigenvalue weighted by molar-refractivity contribution is 0.102. The zero-order valence-electron chi connectivity index (χ0n) is 12.2. The Labute approximate surface area is 115 Å². The topological polar surface area (TPSA) is 64.4 Å². The Kier molecular flexibility index (Phi) is 5.37. The summed E-state index contributed by atoms with van der Waals surface area (Å²) in [4.78, 5) is 0. The molecule has 0 aliphatic heterocycles. The van der Waals surface area contributed by atoms with Crippen molar-refractivity contribution >= 4 is 15.8 Å². The molecule has 7 heteroatoms. The average molecular weight is 289 g/mol. The Hall–Kier alpha value is -1.08. The monoisotopic (exact) mass is 289 g/mol. The Balaban J connectivity index is 2.79. The van der Waals surface area contributed by atoms with E-state index in [9.17, 15) is 8.42 Å². The number of nitrogens with zero attached hydrogens (tertiary/aromatic N) is 3. The maximum Gasteiger partial charge on any atom is 0.238 e. The standard InChI is InChI=1S/C12H23N3O3S/c1-10(2)8-11(18-5)9-19(16,17)15(4)12-6-7-14(3)13-12/h6-7,10-11H,8-9H2,1-5H3/t11-/m1/s1. The van der Waals surface area contributed by atoms with Gasteiger partial charge in [0.15, 0.2) is 5.82 Å². The second kappa shape index (κ2) is 6.38. The van der Waals surface area contributed by atoms with E-state index in [4.69, 9.17) is 4.74 Å². The van der Waals surface area contributed by atoms with Crippen molar-refractivity contribution < 1.29 is 13.2 Å². The zero-order valence-corrected chi connectivity index (χ0v) is 13.0. The lowest BCUT2D eigenvalue weighted by Crippen LogP contribution is -2.35. The molecule has 0 radical (unpaired) electrons. The van der Waals surface area contributed by atoms with Crippen LogP contribution in [0.5, 0.6) is 0 Å². The summed E-state index contributed by atoms with van der Waals surface area (Å²) < 4.78 is 32.6. The summed E-state index contributed by atoms with van der Waals surface area (Å²) in [6, 6.07) is 1.67. The van der Waals surface area contributed by atoms with Gasteiger partial charge in [-0.05, 0) is 12.3 Å². The van der Waals surface area contributed by atoms with E-state index in [0.29, 0.717) is 18.2 Å². The smallest absolute Gasteiger partial charge is 0.238 e. The van der Waals surface area contributed by atoms with Gasteiger partial charge in [0, 0.05) is 33.5 Å². The molecule has 0 fully saturated rings. The molecular formula is C12H23N3O3S. The minimum absolute atomic E-state index is 0.0330. The molecule has 0 bridgehead atoms. The molecule has 0 unspecified atom stereocenters. The second-order valence-electron chi connectivity index (χ2n) is 5.08. The molecule has 1 rings (SSSR count). The first-order valence-corrected chi connectivity index (χ1v) is 7.86. The highest BCUT2D eigenvalue weighted by molar-refractivity contribution is 7.92. The summed E-state index contributed by atoms with van der Waals surface area (Å²) in [6.45, 7) is 4.09. The lowest BCUT2D eigenvalue weighted by Gasteiger charge is -2.22. The largest absolute Gasteiger partial charge is 0.380 e. The highest BCUT2D eigenvalue weighted by Gasteiger charge is 2.25. The van der Waals surface area contributed by atoms with Crippen molar-refractivity contribution in [3.8, 4) is 0 Å². The predicted molar refractivity (Wildman–Crippen MR) is 75.6 cm³/mol. The second-order valence-corrected chi connectivity index (χ2v) is 7.13. The van der Waals surface area contributed by atoms with Crippen LogP contribution in [-0.2, 0) is 21.8 Å². The van der Waals surface area contributed by atoms with Gasteiger partial charge in [0.2, 0.25) is 10.0 Å². The van der Waals surface area contributed by atoms with Crippen molar-refractivity contribution in [3.63, 3.8) is 0 Å². The molecular weight excluding hydrogens is 266 g/mol. The minimum atomic E-state index is -3.42. The molecule has 0 aliphatic carbocycles. The number of ether oxygens (including phenoxy) is 1. The van der Waals surface area contributed by atoms with E-state index in [-0.39, 0.29) is 11.9 Å². The minimum Gasteiger partial charge on any atom is -0.380 e. The van der Waals surface area contributed by atoms with Gasteiger partial charge >= 0.3 is 0 Å². The van der Waals surface area contributed by atoms with Crippen molar-refractivity contribution in [1.29, 1.82) is 0 Å². The number of anilines is 1. The SMILES string of the molecule is CO[C@H](CC(C)C)CS(=O)(=O)N(C)c1ccn(C)n1. The van der Waals surface area contributed by atoms with Crippen molar-refractivity contribution in [2.24, 2.45) is 13.0 Å². The molecule has 0 saturated carbocycles. The highest BCUT2D eigenvalue weighted by atomic mass is 32.2. The Morgan fingerprint density at radius 2 is 2.11 bits per heavy atom. The number of methoxy groups -OCH3 is 1. The van der Waals surface area contributed by atoms with Crippen LogP contribution in [0.15, 0.2) is 12.3 Å². The number of hydrogen-bond donors (Lipinski definition) is 0. The van der Waals surface area contributed by atoms with Crippen molar-refractivity contribution in [3.05, 3.63) is 12.3 Å². The molecule has 0 spiro atoms. The quantitative estimate of drug-likeness (QED) is 0.758. The molecule has 0 aromatic carbocycles. The van der Waals surface area contributed by atoms with Crippen LogP contribution in [-0.4, -0.2) is 44.2 Å². The van der Waals surface area contributed by atoms with Crippen LogP contribution in [0.2, 0.25) is 0 Å². The number of sulfonamides is 1. The zero-order chi connectivity index (χ0) is 14.6. The van der Waals surface area contributed by atoms with Gasteiger partial charge in [0.05, 0.1) is 11.9 Å². The maximum absolute atomic E-state index is 12.3. The van der Waals surface area contributed by atoms with Gasteiger partial charge in [0.25, 0.3) is 0 Å². The number of hydrogen-bond acceptors (Lipinski definition) is 4. The number of aromatic nitrogens is 2. The first-order valence-electron chi connectivity index (χ1n) is 6.25. The van der Waals surface area contributed by atoms with Gasteiger partial charge in [0.1, 0.15) is 0 Å². The van der Waals surface area contributed by atoms with E-state index in [2.05, 4.69) is 5.10 Å². The third-order valence-electron chi connectivity index (χ3n) is 2.90. The number of rotatable bonds is 7. The molecule has 0 N–H and O–H groups in total. The molecule has 0 aliphatic rings.